The molecular weight excluding hydrogens is 358 g/mol. The lowest BCUT2D eigenvalue weighted by Crippen LogP contribution is -2.29. The lowest BCUT2D eigenvalue weighted by Gasteiger charge is -2.13. The van der Waals surface area contributed by atoms with E-state index >= 15 is 0 Å². The van der Waals surface area contributed by atoms with Crippen molar-refractivity contribution >= 4 is 78.3 Å². The molecule has 1 aliphatic heterocycles. The van der Waals surface area contributed by atoms with E-state index in [-0.39, 0.29) is 12.3 Å². The third kappa shape index (κ3) is 3.24. The van der Waals surface area contributed by atoms with Crippen molar-refractivity contribution in [1.82, 2.24) is 4.90 Å². The van der Waals surface area contributed by atoms with Gasteiger partial charge in [0.15, 0.2) is 0 Å². The molecule has 0 spiro atoms. The van der Waals surface area contributed by atoms with Crippen molar-refractivity contribution < 1.29 is 14.7 Å². The third-order valence-electron chi connectivity index (χ3n) is 3.09. The number of amides is 1. The topological polar surface area (TPSA) is 57.6 Å². The molecule has 0 radical (unpaired) electrons. The monoisotopic (exact) mass is 369 g/mol. The van der Waals surface area contributed by atoms with Gasteiger partial charge < -0.3 is 5.11 Å². The average molecular weight is 370 g/mol. The average Bonchev–Trinajstić information content (AvgIpc) is 3.08. The number of carboxylic acid groups (broad SMARTS) is 1. The normalized spacial score (nSPS) is 17.1. The first-order valence-corrected chi connectivity index (χ1v) is 9.41. The fraction of sp³-hybridized carbons (Fsp3) is 0.214. The second-order valence-electron chi connectivity index (χ2n) is 4.64. The molecule has 1 amide bonds. The summed E-state index contributed by atoms with van der Waals surface area (Å²) in [7, 11) is 0. The molecule has 8 heteroatoms. The standard InChI is InChI=1S/C14H11NO3S4/c16-11(17)2-1-4-15-12(18)10(22-14(15)19)7-9-6-8-3-5-20-13(8)21-9/h3,5-7H,1-2,4H2,(H,16,17). The summed E-state index contributed by atoms with van der Waals surface area (Å²) in [5.41, 5.74) is 0. The van der Waals surface area contributed by atoms with Crippen molar-refractivity contribution in [3.63, 3.8) is 0 Å². The number of carbonyl (C=O) groups excluding carboxylic acids is 1. The SMILES string of the molecule is O=C(O)CCCN1C(=O)C(=Cc2cc3ccsc3s2)SC1=S. The predicted octanol–water partition coefficient (Wildman–Crippen LogP) is 4.03. The maximum absolute atomic E-state index is 12.4. The first-order chi connectivity index (χ1) is 10.5. The lowest BCUT2D eigenvalue weighted by molar-refractivity contribution is -0.137. The molecular formula is C14H11NO3S4. The zero-order chi connectivity index (χ0) is 15.7. The van der Waals surface area contributed by atoms with E-state index < -0.39 is 5.97 Å². The molecule has 2 aromatic heterocycles. The van der Waals surface area contributed by atoms with Crippen LogP contribution < -0.4 is 0 Å². The fourth-order valence-electron chi connectivity index (χ4n) is 2.07. The Labute approximate surface area is 144 Å². The van der Waals surface area contributed by atoms with Crippen LogP contribution in [0.3, 0.4) is 0 Å². The number of fused-ring (bicyclic) bond motifs is 1. The highest BCUT2D eigenvalue weighted by atomic mass is 32.2. The van der Waals surface area contributed by atoms with Crippen LogP contribution in [0.5, 0.6) is 0 Å². The molecule has 0 aliphatic carbocycles. The molecule has 3 rings (SSSR count). The molecule has 114 valence electrons. The molecule has 0 bridgehead atoms. The van der Waals surface area contributed by atoms with Gasteiger partial charge in [-0.3, -0.25) is 14.5 Å². The van der Waals surface area contributed by atoms with Gasteiger partial charge in [-0.05, 0) is 30.0 Å². The van der Waals surface area contributed by atoms with Crippen LogP contribution >= 0.6 is 46.7 Å². The Hall–Kier alpha value is -1.22. The highest BCUT2D eigenvalue weighted by molar-refractivity contribution is 8.26. The third-order valence-corrected chi connectivity index (χ3v) is 6.62. The van der Waals surface area contributed by atoms with Crippen molar-refractivity contribution in [2.45, 2.75) is 12.8 Å². The van der Waals surface area contributed by atoms with Crippen LogP contribution in [-0.4, -0.2) is 32.7 Å². The Kier molecular flexibility index (Phi) is 4.62. The molecule has 0 aromatic carbocycles. The number of thiophene rings is 2. The molecule has 2 aromatic rings. The van der Waals surface area contributed by atoms with Gasteiger partial charge in [-0.25, -0.2) is 0 Å². The number of aliphatic carboxylic acids is 1. The smallest absolute Gasteiger partial charge is 0.303 e. The van der Waals surface area contributed by atoms with E-state index in [0.29, 0.717) is 22.2 Å². The molecule has 1 N–H and O–H groups in total. The first kappa shape index (κ1) is 15.7. The molecule has 1 fully saturated rings. The number of nitrogens with zero attached hydrogens (tertiary/aromatic N) is 1. The maximum atomic E-state index is 12.4. The van der Waals surface area contributed by atoms with Crippen LogP contribution in [-0.2, 0) is 9.59 Å². The van der Waals surface area contributed by atoms with Gasteiger partial charge in [0.05, 0.1) is 8.92 Å². The van der Waals surface area contributed by atoms with Gasteiger partial charge in [0.2, 0.25) is 0 Å². The Bertz CT molecular complexity index is 760. The van der Waals surface area contributed by atoms with E-state index in [1.807, 2.05) is 11.5 Å². The first-order valence-electron chi connectivity index (χ1n) is 6.49. The van der Waals surface area contributed by atoms with Gasteiger partial charge in [-0.15, -0.1) is 22.7 Å². The van der Waals surface area contributed by atoms with E-state index in [1.165, 1.54) is 26.1 Å². The fourth-order valence-corrected chi connectivity index (χ4v) is 5.51. The minimum atomic E-state index is -0.861. The molecule has 22 heavy (non-hydrogen) atoms. The van der Waals surface area contributed by atoms with Gasteiger partial charge in [0.25, 0.3) is 5.91 Å². The second kappa shape index (κ2) is 6.49. The van der Waals surface area contributed by atoms with Gasteiger partial charge in [-0.2, -0.15) is 0 Å². The largest absolute Gasteiger partial charge is 0.481 e. The summed E-state index contributed by atoms with van der Waals surface area (Å²) in [5.74, 6) is -0.989. The van der Waals surface area contributed by atoms with Crippen molar-refractivity contribution in [2.75, 3.05) is 6.54 Å². The van der Waals surface area contributed by atoms with Crippen LogP contribution in [0.1, 0.15) is 17.7 Å². The van der Waals surface area contributed by atoms with Crippen molar-refractivity contribution in [3.05, 3.63) is 27.3 Å². The van der Waals surface area contributed by atoms with Crippen LogP contribution in [0.4, 0.5) is 0 Å². The predicted molar refractivity (Wildman–Crippen MR) is 96.5 cm³/mol. The summed E-state index contributed by atoms with van der Waals surface area (Å²) >= 11 is 9.84. The van der Waals surface area contributed by atoms with Gasteiger partial charge >= 0.3 is 5.97 Å². The minimum absolute atomic E-state index is 0.0390. The second-order valence-corrected chi connectivity index (χ2v) is 8.58. The number of carbonyl (C=O) groups is 2. The van der Waals surface area contributed by atoms with Gasteiger partial charge in [0.1, 0.15) is 4.32 Å². The lowest BCUT2D eigenvalue weighted by atomic mass is 10.3. The van der Waals surface area contributed by atoms with Crippen LogP contribution in [0.25, 0.3) is 15.5 Å². The summed E-state index contributed by atoms with van der Waals surface area (Å²) in [4.78, 5) is 26.0. The van der Waals surface area contributed by atoms with Gasteiger partial charge in [-0.1, -0.05) is 24.0 Å². The number of rotatable bonds is 5. The van der Waals surface area contributed by atoms with E-state index in [0.717, 1.165) is 4.88 Å². The Morgan fingerprint density at radius 3 is 3.00 bits per heavy atom. The molecule has 0 saturated carbocycles. The van der Waals surface area contributed by atoms with Crippen molar-refractivity contribution in [1.29, 1.82) is 0 Å². The zero-order valence-electron chi connectivity index (χ0n) is 11.3. The van der Waals surface area contributed by atoms with E-state index in [4.69, 9.17) is 17.3 Å². The van der Waals surface area contributed by atoms with Crippen molar-refractivity contribution in [3.8, 4) is 0 Å². The molecule has 3 heterocycles. The van der Waals surface area contributed by atoms with Gasteiger partial charge in [0, 0.05) is 23.2 Å². The molecule has 1 aliphatic rings. The number of thioether (sulfide) groups is 1. The number of carboxylic acids is 1. The Morgan fingerprint density at radius 1 is 1.45 bits per heavy atom. The summed E-state index contributed by atoms with van der Waals surface area (Å²) in [6.07, 6.45) is 2.31. The highest BCUT2D eigenvalue weighted by Gasteiger charge is 2.31. The number of hydrogen-bond acceptors (Lipinski definition) is 6. The van der Waals surface area contributed by atoms with Crippen LogP contribution in [0.2, 0.25) is 0 Å². The van der Waals surface area contributed by atoms with Crippen LogP contribution in [0, 0.1) is 0 Å². The van der Waals surface area contributed by atoms with E-state index in [9.17, 15) is 9.59 Å². The molecule has 1 saturated heterocycles. The number of hydrogen-bond donors (Lipinski definition) is 1. The number of thiocarbonyl (C=S) groups is 1. The molecule has 0 unspecified atom stereocenters. The summed E-state index contributed by atoms with van der Waals surface area (Å²) < 4.78 is 1.74. The van der Waals surface area contributed by atoms with Crippen LogP contribution in [0.15, 0.2) is 22.4 Å². The summed E-state index contributed by atoms with van der Waals surface area (Å²) in [6.45, 7) is 0.355. The maximum Gasteiger partial charge on any atom is 0.303 e. The quantitative estimate of drug-likeness (QED) is 0.637. The van der Waals surface area contributed by atoms with E-state index in [2.05, 4.69) is 12.1 Å². The Balaban J connectivity index is 1.73. The zero-order valence-corrected chi connectivity index (χ0v) is 14.5. The minimum Gasteiger partial charge on any atom is -0.481 e. The Morgan fingerprint density at radius 2 is 2.27 bits per heavy atom. The van der Waals surface area contributed by atoms with Crippen molar-refractivity contribution in [2.24, 2.45) is 0 Å². The summed E-state index contributed by atoms with van der Waals surface area (Å²) in [6, 6.07) is 4.12. The summed E-state index contributed by atoms with van der Waals surface area (Å²) in [5, 5.41) is 11.9. The highest BCUT2D eigenvalue weighted by Crippen LogP contribution is 2.36. The molecule has 0 atom stereocenters. The molecule has 4 nitrogen and oxygen atoms in total. The van der Waals surface area contributed by atoms with E-state index in [1.54, 1.807) is 22.7 Å².